The largest absolute Gasteiger partial charge is 0.383 e. The van der Waals surface area contributed by atoms with Crippen LogP contribution in [0.15, 0.2) is 42.7 Å². The number of ketones is 1. The molecule has 28 heavy (non-hydrogen) atoms. The number of ether oxygens (including phenoxy) is 1. The van der Waals surface area contributed by atoms with Gasteiger partial charge in [-0.1, -0.05) is 30.3 Å². The van der Waals surface area contributed by atoms with Crippen molar-refractivity contribution in [3.05, 3.63) is 65.1 Å². The minimum Gasteiger partial charge on any atom is -0.383 e. The molecule has 1 N–H and O–H groups in total. The molecule has 6 nitrogen and oxygen atoms in total. The highest BCUT2D eigenvalue weighted by Crippen LogP contribution is 2.22. The molecule has 1 saturated heterocycles. The Morgan fingerprint density at radius 1 is 1.29 bits per heavy atom. The third-order valence-electron chi connectivity index (χ3n) is 4.80. The molecule has 0 bridgehead atoms. The van der Waals surface area contributed by atoms with Gasteiger partial charge in [-0.25, -0.2) is 0 Å². The number of aromatic amines is 1. The maximum Gasteiger partial charge on any atom is 0.179 e. The second kappa shape index (κ2) is 8.99. The van der Waals surface area contributed by atoms with Crippen LogP contribution >= 0.6 is 0 Å². The van der Waals surface area contributed by atoms with Crippen LogP contribution in [0, 0.1) is 0 Å². The van der Waals surface area contributed by atoms with Crippen LogP contribution in [0.25, 0.3) is 5.57 Å². The SMILES string of the molecule is C/C(=C/N(C)C)c1[nH]cc(C(=O)CN2CC(OCc3ccccc3)C2)c1C=O. The number of allylic oxidation sites excluding steroid dienone is 1. The fourth-order valence-electron chi connectivity index (χ4n) is 3.40. The van der Waals surface area contributed by atoms with Gasteiger partial charge in [-0.15, -0.1) is 0 Å². The average Bonchev–Trinajstić information content (AvgIpc) is 3.08. The van der Waals surface area contributed by atoms with Crippen LogP contribution in [-0.4, -0.2) is 66.7 Å². The Morgan fingerprint density at radius 2 is 2.00 bits per heavy atom. The van der Waals surface area contributed by atoms with E-state index in [1.165, 1.54) is 0 Å². The van der Waals surface area contributed by atoms with Crippen LogP contribution in [0.1, 0.15) is 38.9 Å². The molecule has 0 unspecified atom stereocenters. The maximum absolute atomic E-state index is 12.7. The molecule has 1 aromatic heterocycles. The number of aldehydes is 1. The van der Waals surface area contributed by atoms with Gasteiger partial charge in [0.2, 0.25) is 0 Å². The lowest BCUT2D eigenvalue weighted by atomic mass is 10.0. The summed E-state index contributed by atoms with van der Waals surface area (Å²) in [5, 5.41) is 0. The zero-order valence-electron chi connectivity index (χ0n) is 16.6. The van der Waals surface area contributed by atoms with Gasteiger partial charge in [0.25, 0.3) is 0 Å². The number of carbonyl (C=O) groups is 2. The number of hydrogen-bond donors (Lipinski definition) is 1. The van der Waals surface area contributed by atoms with Crippen LogP contribution < -0.4 is 0 Å². The van der Waals surface area contributed by atoms with E-state index >= 15 is 0 Å². The molecular formula is C22H27N3O3. The molecule has 1 aromatic carbocycles. The Balaban J connectivity index is 1.53. The van der Waals surface area contributed by atoms with Crippen LogP contribution in [0.4, 0.5) is 0 Å². The Morgan fingerprint density at radius 3 is 2.64 bits per heavy atom. The molecule has 6 heteroatoms. The zero-order chi connectivity index (χ0) is 20.1. The van der Waals surface area contributed by atoms with Gasteiger partial charge in [-0.3, -0.25) is 14.5 Å². The van der Waals surface area contributed by atoms with E-state index in [0.29, 0.717) is 30.0 Å². The highest BCUT2D eigenvalue weighted by Gasteiger charge is 2.30. The fraction of sp³-hybridized carbons (Fsp3) is 0.364. The molecule has 2 heterocycles. The van der Waals surface area contributed by atoms with Crippen LogP contribution in [-0.2, 0) is 11.3 Å². The van der Waals surface area contributed by atoms with Crippen molar-refractivity contribution in [2.24, 2.45) is 0 Å². The third kappa shape index (κ3) is 4.77. The van der Waals surface area contributed by atoms with Crippen molar-refractivity contribution in [2.45, 2.75) is 19.6 Å². The van der Waals surface area contributed by atoms with E-state index in [0.717, 1.165) is 30.5 Å². The fourth-order valence-corrected chi connectivity index (χ4v) is 3.40. The van der Waals surface area contributed by atoms with Gasteiger partial charge in [-0.2, -0.15) is 0 Å². The van der Waals surface area contributed by atoms with E-state index in [-0.39, 0.29) is 11.9 Å². The molecule has 0 amide bonds. The number of aromatic nitrogens is 1. The summed E-state index contributed by atoms with van der Waals surface area (Å²) in [4.78, 5) is 31.3. The first-order valence-corrected chi connectivity index (χ1v) is 9.40. The first-order chi connectivity index (χ1) is 13.5. The Hall–Kier alpha value is -2.70. The summed E-state index contributed by atoms with van der Waals surface area (Å²) in [5.74, 6) is -0.0521. The van der Waals surface area contributed by atoms with Crippen molar-refractivity contribution in [2.75, 3.05) is 33.7 Å². The maximum atomic E-state index is 12.7. The van der Waals surface area contributed by atoms with Gasteiger partial charge in [0, 0.05) is 45.1 Å². The van der Waals surface area contributed by atoms with Crippen LogP contribution in [0.5, 0.6) is 0 Å². The number of carbonyl (C=O) groups excluding carboxylic acids is 2. The van der Waals surface area contributed by atoms with E-state index < -0.39 is 0 Å². The molecule has 0 radical (unpaired) electrons. The van der Waals surface area contributed by atoms with E-state index in [4.69, 9.17) is 4.74 Å². The number of rotatable bonds is 9. The van der Waals surface area contributed by atoms with E-state index in [9.17, 15) is 9.59 Å². The van der Waals surface area contributed by atoms with Crippen molar-refractivity contribution in [3.63, 3.8) is 0 Å². The summed E-state index contributed by atoms with van der Waals surface area (Å²) in [7, 11) is 3.83. The highest BCUT2D eigenvalue weighted by molar-refractivity contribution is 6.06. The van der Waals surface area contributed by atoms with Crippen molar-refractivity contribution < 1.29 is 14.3 Å². The number of benzene rings is 1. The molecule has 1 fully saturated rings. The highest BCUT2D eigenvalue weighted by atomic mass is 16.5. The molecule has 3 rings (SSSR count). The minimum atomic E-state index is -0.0521. The second-order valence-corrected chi connectivity index (χ2v) is 7.42. The second-order valence-electron chi connectivity index (χ2n) is 7.42. The number of likely N-dealkylation sites (tertiary alicyclic amines) is 1. The lowest BCUT2D eigenvalue weighted by Crippen LogP contribution is -2.53. The summed E-state index contributed by atoms with van der Waals surface area (Å²) in [6, 6.07) is 10.1. The van der Waals surface area contributed by atoms with Crippen molar-refractivity contribution in [1.82, 2.24) is 14.8 Å². The van der Waals surface area contributed by atoms with Gasteiger partial charge in [-0.05, 0) is 18.1 Å². The number of hydrogen-bond acceptors (Lipinski definition) is 5. The lowest BCUT2D eigenvalue weighted by molar-refractivity contribution is -0.0588. The standard InChI is InChI=1S/C22H27N3O3/c1-16(10-24(2)3)22-20(14-26)19(9-23-22)21(27)13-25-11-18(12-25)28-15-17-7-5-4-6-8-17/h4-10,14,18,23H,11-13,15H2,1-3H3/b16-10-. The number of Topliss-reactive ketones (excluding diaryl/α,β-unsaturated/α-hetero) is 1. The molecule has 2 aromatic rings. The molecule has 1 aliphatic rings. The smallest absolute Gasteiger partial charge is 0.179 e. The van der Waals surface area contributed by atoms with Gasteiger partial charge < -0.3 is 14.6 Å². The molecule has 0 atom stereocenters. The summed E-state index contributed by atoms with van der Waals surface area (Å²) in [6.07, 6.45) is 4.45. The summed E-state index contributed by atoms with van der Waals surface area (Å²) in [6.45, 7) is 4.25. The Bertz CT molecular complexity index is 849. The summed E-state index contributed by atoms with van der Waals surface area (Å²) >= 11 is 0. The minimum absolute atomic E-state index is 0.0521. The average molecular weight is 381 g/mol. The van der Waals surface area contributed by atoms with Crippen molar-refractivity contribution in [1.29, 1.82) is 0 Å². The topological polar surface area (TPSA) is 65.6 Å². The summed E-state index contributed by atoms with van der Waals surface area (Å²) in [5.41, 5.74) is 3.63. The lowest BCUT2D eigenvalue weighted by Gasteiger charge is -2.38. The zero-order valence-corrected chi connectivity index (χ0v) is 16.6. The summed E-state index contributed by atoms with van der Waals surface area (Å²) < 4.78 is 5.87. The molecular weight excluding hydrogens is 354 g/mol. The van der Waals surface area contributed by atoms with Gasteiger partial charge in [0.15, 0.2) is 12.1 Å². The van der Waals surface area contributed by atoms with E-state index in [1.54, 1.807) is 6.20 Å². The van der Waals surface area contributed by atoms with Crippen molar-refractivity contribution in [3.8, 4) is 0 Å². The van der Waals surface area contributed by atoms with E-state index in [2.05, 4.69) is 4.98 Å². The molecule has 148 valence electrons. The normalized spacial score (nSPS) is 15.3. The predicted molar refractivity (Wildman–Crippen MR) is 109 cm³/mol. The van der Waals surface area contributed by atoms with Gasteiger partial charge >= 0.3 is 0 Å². The van der Waals surface area contributed by atoms with Gasteiger partial charge in [0.1, 0.15) is 0 Å². The number of nitrogens with zero attached hydrogens (tertiary/aromatic N) is 2. The molecule has 0 spiro atoms. The monoisotopic (exact) mass is 381 g/mol. The molecule has 0 aliphatic carbocycles. The third-order valence-corrected chi connectivity index (χ3v) is 4.80. The molecule has 1 aliphatic heterocycles. The van der Waals surface area contributed by atoms with Crippen molar-refractivity contribution >= 4 is 17.6 Å². The van der Waals surface area contributed by atoms with Gasteiger partial charge in [0.05, 0.1) is 30.5 Å². The Kier molecular flexibility index (Phi) is 6.44. The first-order valence-electron chi connectivity index (χ1n) is 9.40. The predicted octanol–water partition coefficient (Wildman–Crippen LogP) is 2.83. The van der Waals surface area contributed by atoms with E-state index in [1.807, 2.05) is 67.4 Å². The first kappa shape index (κ1) is 20.0. The number of nitrogens with one attached hydrogen (secondary N) is 1. The molecule has 0 saturated carbocycles. The van der Waals surface area contributed by atoms with Crippen LogP contribution in [0.3, 0.4) is 0 Å². The Labute approximate surface area is 165 Å². The van der Waals surface area contributed by atoms with Crippen LogP contribution in [0.2, 0.25) is 0 Å². The number of H-pyrrole nitrogens is 1. The quantitative estimate of drug-likeness (QED) is 0.534.